The highest BCUT2D eigenvalue weighted by Gasteiger charge is 2.32. The third kappa shape index (κ3) is 6.02. The van der Waals surface area contributed by atoms with Crippen LogP contribution in [0.1, 0.15) is 42.1 Å². The molecule has 3 heterocycles. The van der Waals surface area contributed by atoms with Gasteiger partial charge in [-0.3, -0.25) is 4.90 Å². The molecule has 0 bridgehead atoms. The van der Waals surface area contributed by atoms with E-state index >= 15 is 0 Å². The molecule has 8 nitrogen and oxygen atoms in total. The molecule has 9 heteroatoms. The number of H-pyrrole nitrogens is 1. The predicted octanol–water partition coefficient (Wildman–Crippen LogP) is 6.43. The Morgan fingerprint density at radius 2 is 1.90 bits per heavy atom. The van der Waals surface area contributed by atoms with Crippen molar-refractivity contribution in [1.29, 1.82) is 0 Å². The zero-order valence-corrected chi connectivity index (χ0v) is 24.5. The van der Waals surface area contributed by atoms with Crippen molar-refractivity contribution >= 4 is 39.9 Å². The zero-order valence-electron chi connectivity index (χ0n) is 23.8. The summed E-state index contributed by atoms with van der Waals surface area (Å²) in [6.45, 7) is 7.38. The van der Waals surface area contributed by atoms with E-state index in [0.29, 0.717) is 18.0 Å². The topological polar surface area (TPSA) is 108 Å². The summed E-state index contributed by atoms with van der Waals surface area (Å²) in [6.07, 6.45) is 6.53. The van der Waals surface area contributed by atoms with Gasteiger partial charge in [-0.2, -0.15) is 0 Å². The average molecular weight is 586 g/mol. The summed E-state index contributed by atoms with van der Waals surface area (Å²) in [5.41, 5.74) is 12.3. The van der Waals surface area contributed by atoms with Gasteiger partial charge in [0.15, 0.2) is 0 Å². The van der Waals surface area contributed by atoms with Crippen LogP contribution in [0.15, 0.2) is 72.6 Å². The molecule has 0 spiro atoms. The van der Waals surface area contributed by atoms with Crippen LogP contribution >= 0.6 is 11.6 Å². The van der Waals surface area contributed by atoms with Gasteiger partial charge in [0.1, 0.15) is 22.7 Å². The maximum Gasteiger partial charge on any atom is 0.339 e. The molecular formula is C33H36ClN5O3. The fourth-order valence-corrected chi connectivity index (χ4v) is 6.27. The number of nitrogens with one attached hydrogen (secondary N) is 1. The Hall–Kier alpha value is -3.85. The first kappa shape index (κ1) is 28.3. The predicted molar refractivity (Wildman–Crippen MR) is 168 cm³/mol. The first-order chi connectivity index (χ1) is 20.3. The molecule has 1 saturated heterocycles. The van der Waals surface area contributed by atoms with Crippen molar-refractivity contribution in [2.24, 2.45) is 11.1 Å². The number of aromatic nitrogens is 2. The van der Waals surface area contributed by atoms with Crippen molar-refractivity contribution in [3.05, 3.63) is 88.7 Å². The lowest BCUT2D eigenvalue weighted by Gasteiger charge is -2.40. The van der Waals surface area contributed by atoms with E-state index in [0.717, 1.165) is 73.7 Å². The van der Waals surface area contributed by atoms with Crippen LogP contribution in [0.4, 0.5) is 5.69 Å². The minimum Gasteiger partial charge on any atom is -0.478 e. The maximum atomic E-state index is 12.0. The minimum absolute atomic E-state index is 0.119. The van der Waals surface area contributed by atoms with Crippen LogP contribution in [0.3, 0.4) is 0 Å². The molecule has 0 radical (unpaired) electrons. The summed E-state index contributed by atoms with van der Waals surface area (Å²) in [6, 6.07) is 17.3. The first-order valence-electron chi connectivity index (χ1n) is 14.4. The number of fused-ring (bicyclic) bond motifs is 1. The number of hydrogen-bond acceptors (Lipinski definition) is 6. The number of pyridine rings is 1. The number of carbonyl (C=O) groups is 1. The van der Waals surface area contributed by atoms with Crippen molar-refractivity contribution in [2.75, 3.05) is 44.2 Å². The van der Waals surface area contributed by atoms with Gasteiger partial charge in [0.05, 0.1) is 6.20 Å². The molecule has 2 aromatic carbocycles. The molecule has 1 unspecified atom stereocenters. The molecule has 6 rings (SSSR count). The van der Waals surface area contributed by atoms with Gasteiger partial charge >= 0.3 is 5.97 Å². The third-order valence-electron chi connectivity index (χ3n) is 8.68. The normalized spacial score (nSPS) is 19.8. The van der Waals surface area contributed by atoms with E-state index < -0.39 is 5.97 Å². The average Bonchev–Trinajstić information content (AvgIpc) is 3.46. The quantitative estimate of drug-likeness (QED) is 0.219. The van der Waals surface area contributed by atoms with E-state index in [1.165, 1.54) is 16.7 Å². The van der Waals surface area contributed by atoms with Crippen molar-refractivity contribution < 1.29 is 14.6 Å². The van der Waals surface area contributed by atoms with Crippen LogP contribution in [0.2, 0.25) is 5.02 Å². The number of allylic oxidation sites excluding steroid dienone is 1. The first-order valence-corrected chi connectivity index (χ1v) is 14.8. The van der Waals surface area contributed by atoms with Crippen LogP contribution in [0.5, 0.6) is 11.5 Å². The number of rotatable bonds is 8. The number of halogens is 1. The second kappa shape index (κ2) is 11.8. The molecule has 1 aliphatic carbocycles. The lowest BCUT2D eigenvalue weighted by molar-refractivity contribution is 0.0694. The summed E-state index contributed by atoms with van der Waals surface area (Å²) in [7, 11) is 0. The summed E-state index contributed by atoms with van der Waals surface area (Å²) < 4.78 is 6.07. The number of benzene rings is 2. The number of aromatic amines is 1. The van der Waals surface area contributed by atoms with E-state index in [1.807, 2.05) is 42.6 Å². The monoisotopic (exact) mass is 585 g/mol. The SMILES string of the molecule is CC1(CN)CCC(c2ccc(Cl)cc2)=C(CN2CCN(c3ccc(C(=O)O)c(Oc4cnc5[nH]ccc5c4)c3)CC2)C1. The summed E-state index contributed by atoms with van der Waals surface area (Å²) in [4.78, 5) is 24.2. The Bertz CT molecular complexity index is 1620. The number of carboxylic acids is 1. The Labute approximate surface area is 250 Å². The fraction of sp³-hybridized carbons (Fsp3) is 0.333. The van der Waals surface area contributed by atoms with Crippen LogP contribution in [0.25, 0.3) is 16.6 Å². The maximum absolute atomic E-state index is 12.0. The summed E-state index contributed by atoms with van der Waals surface area (Å²) in [5, 5.41) is 11.5. The Morgan fingerprint density at radius 1 is 1.12 bits per heavy atom. The van der Waals surface area contributed by atoms with Gasteiger partial charge in [0.25, 0.3) is 0 Å². The fourth-order valence-electron chi connectivity index (χ4n) is 6.14. The van der Waals surface area contributed by atoms with Gasteiger partial charge < -0.3 is 25.5 Å². The van der Waals surface area contributed by atoms with Crippen LogP contribution in [0, 0.1) is 5.41 Å². The highest BCUT2D eigenvalue weighted by Crippen LogP contribution is 2.42. The number of carboxylic acid groups (broad SMARTS) is 1. The van der Waals surface area contributed by atoms with Crippen molar-refractivity contribution in [1.82, 2.24) is 14.9 Å². The third-order valence-corrected chi connectivity index (χ3v) is 8.93. The Balaban J connectivity index is 1.17. The number of nitrogens with two attached hydrogens (primary N) is 1. The number of nitrogens with zero attached hydrogens (tertiary/aromatic N) is 3. The number of ether oxygens (including phenoxy) is 1. The van der Waals surface area contributed by atoms with Crippen LogP contribution < -0.4 is 15.4 Å². The standard InChI is InChI=1S/C33H36ClN5O3/c1-33(21-35)10-8-28(22-2-4-25(34)5-3-22)24(18-33)20-38-12-14-39(15-13-38)26-6-7-29(32(40)41)30(17-26)42-27-16-23-9-11-36-31(23)37-19-27/h2-7,9,11,16-17,19H,8,10,12-15,18,20-21,35H2,1H3,(H,36,37)(H,40,41). The molecule has 2 aromatic heterocycles. The second-order valence-electron chi connectivity index (χ2n) is 11.7. The van der Waals surface area contributed by atoms with Crippen LogP contribution in [-0.4, -0.2) is 65.2 Å². The number of hydrogen-bond donors (Lipinski definition) is 3. The molecule has 1 atom stereocenters. The highest BCUT2D eigenvalue weighted by atomic mass is 35.5. The molecule has 4 aromatic rings. The van der Waals surface area contributed by atoms with E-state index in [1.54, 1.807) is 12.3 Å². The van der Waals surface area contributed by atoms with Gasteiger partial charge in [-0.1, -0.05) is 36.2 Å². The molecule has 0 amide bonds. The van der Waals surface area contributed by atoms with Crippen molar-refractivity contribution in [3.63, 3.8) is 0 Å². The molecule has 1 fully saturated rings. The molecule has 0 saturated carbocycles. The molecule has 1 aliphatic heterocycles. The zero-order chi connectivity index (χ0) is 29.3. The van der Waals surface area contributed by atoms with Gasteiger partial charge in [-0.05, 0) is 78.8 Å². The number of aromatic carboxylic acids is 1. The smallest absolute Gasteiger partial charge is 0.339 e. The van der Waals surface area contributed by atoms with Crippen LogP contribution in [-0.2, 0) is 0 Å². The number of anilines is 1. The molecule has 218 valence electrons. The summed E-state index contributed by atoms with van der Waals surface area (Å²) in [5.74, 6) is -0.229. The van der Waals surface area contributed by atoms with Gasteiger partial charge in [-0.25, -0.2) is 9.78 Å². The highest BCUT2D eigenvalue weighted by molar-refractivity contribution is 6.30. The van der Waals surface area contributed by atoms with Crippen molar-refractivity contribution in [3.8, 4) is 11.5 Å². The van der Waals surface area contributed by atoms with Gasteiger partial charge in [0.2, 0.25) is 0 Å². The Kier molecular flexibility index (Phi) is 7.94. The lowest BCUT2D eigenvalue weighted by Crippen LogP contribution is -2.47. The van der Waals surface area contributed by atoms with E-state index in [4.69, 9.17) is 22.1 Å². The minimum atomic E-state index is -1.03. The van der Waals surface area contributed by atoms with E-state index in [9.17, 15) is 9.90 Å². The largest absolute Gasteiger partial charge is 0.478 e. The van der Waals surface area contributed by atoms with Gasteiger partial charge in [-0.15, -0.1) is 0 Å². The molecule has 2 aliphatic rings. The lowest BCUT2D eigenvalue weighted by atomic mass is 9.71. The Morgan fingerprint density at radius 3 is 2.64 bits per heavy atom. The molecule has 42 heavy (non-hydrogen) atoms. The molecule has 4 N–H and O–H groups in total. The summed E-state index contributed by atoms with van der Waals surface area (Å²) >= 11 is 6.18. The second-order valence-corrected chi connectivity index (χ2v) is 12.2. The van der Waals surface area contributed by atoms with E-state index in [-0.39, 0.29) is 11.0 Å². The molecular weight excluding hydrogens is 550 g/mol. The van der Waals surface area contributed by atoms with E-state index in [2.05, 4.69) is 38.8 Å². The van der Waals surface area contributed by atoms with Gasteiger partial charge in [0, 0.05) is 61.1 Å². The number of piperazine rings is 1. The van der Waals surface area contributed by atoms with Crippen molar-refractivity contribution in [2.45, 2.75) is 26.2 Å².